The van der Waals surface area contributed by atoms with E-state index in [1.807, 2.05) is 13.0 Å². The predicted octanol–water partition coefficient (Wildman–Crippen LogP) is 2.48. The lowest BCUT2D eigenvalue weighted by Gasteiger charge is -2.21. The van der Waals surface area contributed by atoms with Gasteiger partial charge in [0.25, 0.3) is 5.56 Å². The van der Waals surface area contributed by atoms with Crippen molar-refractivity contribution in [3.8, 4) is 11.4 Å². The molecule has 5 rings (SSSR count). The van der Waals surface area contributed by atoms with Gasteiger partial charge >= 0.3 is 0 Å². The Morgan fingerprint density at radius 1 is 1.28 bits per heavy atom. The maximum Gasteiger partial charge on any atom is 0.254 e. The number of amides is 2. The Balaban J connectivity index is 1.67. The molecule has 10 heteroatoms. The Kier molecular flexibility index (Phi) is 7.07. The molecule has 204 valence electrons. The summed E-state index contributed by atoms with van der Waals surface area (Å²) in [5.74, 6) is -1.13. The van der Waals surface area contributed by atoms with Crippen molar-refractivity contribution in [1.82, 2.24) is 14.9 Å². The van der Waals surface area contributed by atoms with Crippen LogP contribution in [0, 0.1) is 12.7 Å². The highest BCUT2D eigenvalue weighted by molar-refractivity contribution is 6.08. The number of nitrogens with two attached hydrogens (primary N) is 1. The van der Waals surface area contributed by atoms with Crippen LogP contribution in [0.2, 0.25) is 0 Å². The monoisotopic (exact) mass is 533 g/mol. The van der Waals surface area contributed by atoms with Crippen molar-refractivity contribution in [3.63, 3.8) is 0 Å². The summed E-state index contributed by atoms with van der Waals surface area (Å²) in [5, 5.41) is 3.16. The van der Waals surface area contributed by atoms with Crippen LogP contribution in [0.5, 0.6) is 0 Å². The first-order chi connectivity index (χ1) is 18.7. The molecule has 0 unspecified atom stereocenters. The SMILES string of the molecule is CC[C@@H](C)c1cc2n(c(=O)c1CCC=O)Cc1c-2nc2cc(F)c3c(c2c1C)N(C(=O)CNC(=O)CN)CC3. The number of fused-ring (bicyclic) bond motifs is 6. The minimum absolute atomic E-state index is 0.121. The van der Waals surface area contributed by atoms with E-state index in [4.69, 9.17) is 10.7 Å². The van der Waals surface area contributed by atoms with E-state index < -0.39 is 11.7 Å². The zero-order valence-corrected chi connectivity index (χ0v) is 22.4. The van der Waals surface area contributed by atoms with E-state index in [0.29, 0.717) is 58.5 Å². The normalized spacial score (nSPS) is 14.2. The molecule has 1 atom stereocenters. The number of aldehydes is 1. The second kappa shape index (κ2) is 10.3. The van der Waals surface area contributed by atoms with Crippen LogP contribution < -0.4 is 21.5 Å². The first-order valence-corrected chi connectivity index (χ1v) is 13.3. The fraction of sp³-hybridized carbons (Fsp3) is 0.414. The molecule has 2 aliphatic rings. The van der Waals surface area contributed by atoms with Gasteiger partial charge in [0.1, 0.15) is 12.1 Å². The zero-order valence-electron chi connectivity index (χ0n) is 22.4. The fourth-order valence-electron chi connectivity index (χ4n) is 5.84. The average Bonchev–Trinajstić information content (AvgIpc) is 3.53. The smallest absolute Gasteiger partial charge is 0.254 e. The van der Waals surface area contributed by atoms with Crippen LogP contribution in [0.1, 0.15) is 60.4 Å². The standard InChI is InChI=1S/C29H32FN5O4/c1-4-15(2)19-10-23-27-20(14-35(23)29(39)17(19)6-5-9-36)16(3)26-22(33-27)11-21(30)18-7-8-34(28(18)26)25(38)13-32-24(37)12-31/h9-11,15H,4-8,12-14,31H2,1-3H3,(H,32,37)/t15-/m1/s1. The zero-order chi connectivity index (χ0) is 28.0. The van der Waals surface area contributed by atoms with Crippen LogP contribution in [0.15, 0.2) is 16.9 Å². The molecule has 3 N–H and O–H groups in total. The third kappa shape index (κ3) is 4.32. The third-order valence-corrected chi connectivity index (χ3v) is 8.10. The molecule has 0 spiro atoms. The summed E-state index contributed by atoms with van der Waals surface area (Å²) in [4.78, 5) is 55.8. The van der Waals surface area contributed by atoms with Crippen molar-refractivity contribution in [2.75, 3.05) is 24.5 Å². The first kappa shape index (κ1) is 26.7. The Bertz CT molecular complexity index is 1600. The molecule has 9 nitrogen and oxygen atoms in total. The number of hydrogen-bond acceptors (Lipinski definition) is 6. The summed E-state index contributed by atoms with van der Waals surface area (Å²) >= 11 is 0. The molecular weight excluding hydrogens is 501 g/mol. The van der Waals surface area contributed by atoms with Crippen LogP contribution in [-0.2, 0) is 33.8 Å². The lowest BCUT2D eigenvalue weighted by atomic mass is 9.91. The third-order valence-electron chi connectivity index (χ3n) is 8.10. The number of benzene rings is 1. The van der Waals surface area contributed by atoms with Crippen molar-refractivity contribution >= 4 is 34.7 Å². The summed E-state index contributed by atoms with van der Waals surface area (Å²) in [6.07, 6.45) is 2.66. The van der Waals surface area contributed by atoms with E-state index in [1.54, 1.807) is 4.57 Å². The molecule has 1 aromatic carbocycles. The van der Waals surface area contributed by atoms with Gasteiger partial charge in [0.05, 0.1) is 42.2 Å². The molecule has 3 aromatic rings. The number of nitrogens with zero attached hydrogens (tertiary/aromatic N) is 3. The molecule has 4 heterocycles. The number of hydrogen-bond donors (Lipinski definition) is 2. The van der Waals surface area contributed by atoms with Crippen molar-refractivity contribution in [2.24, 2.45) is 5.73 Å². The maximum atomic E-state index is 15.3. The lowest BCUT2D eigenvalue weighted by molar-refractivity contribution is -0.124. The summed E-state index contributed by atoms with van der Waals surface area (Å²) < 4.78 is 17.0. The van der Waals surface area contributed by atoms with Crippen molar-refractivity contribution < 1.29 is 18.8 Å². The topological polar surface area (TPSA) is 127 Å². The van der Waals surface area contributed by atoms with Gasteiger partial charge in [-0.05, 0) is 49.3 Å². The number of rotatable bonds is 8. The molecule has 0 fully saturated rings. The molecule has 0 saturated carbocycles. The van der Waals surface area contributed by atoms with Crippen molar-refractivity contribution in [1.29, 1.82) is 0 Å². The second-order valence-electron chi connectivity index (χ2n) is 10.3. The van der Waals surface area contributed by atoms with Crippen molar-refractivity contribution in [3.05, 3.63) is 56.1 Å². The first-order valence-electron chi connectivity index (χ1n) is 13.3. The highest BCUT2D eigenvalue weighted by atomic mass is 19.1. The Labute approximate surface area is 225 Å². The lowest BCUT2D eigenvalue weighted by Crippen LogP contribution is -2.41. The number of carbonyl (C=O) groups is 3. The van der Waals surface area contributed by atoms with E-state index >= 15 is 4.39 Å². The number of nitrogens with one attached hydrogen (secondary N) is 1. The number of aryl methyl sites for hydroxylation is 1. The molecule has 2 amide bonds. The van der Waals surface area contributed by atoms with Gasteiger partial charge in [-0.2, -0.15) is 0 Å². The summed E-state index contributed by atoms with van der Waals surface area (Å²) in [7, 11) is 0. The van der Waals surface area contributed by atoms with E-state index in [0.717, 1.165) is 29.4 Å². The van der Waals surface area contributed by atoms with Gasteiger partial charge in [0, 0.05) is 41.1 Å². The number of halogens is 1. The number of carbonyl (C=O) groups excluding carboxylic acids is 3. The molecule has 0 bridgehead atoms. The Hall–Kier alpha value is -3.92. The van der Waals surface area contributed by atoms with Crippen LogP contribution in [0.3, 0.4) is 0 Å². The number of aromatic nitrogens is 2. The second-order valence-corrected chi connectivity index (χ2v) is 10.3. The summed E-state index contributed by atoms with van der Waals surface area (Å²) in [6.45, 7) is 6.15. The van der Waals surface area contributed by atoms with E-state index in [9.17, 15) is 19.2 Å². The minimum Gasteiger partial charge on any atom is -0.346 e. The molecule has 0 radical (unpaired) electrons. The van der Waals surface area contributed by atoms with Gasteiger partial charge < -0.3 is 25.3 Å². The molecule has 2 aromatic heterocycles. The number of anilines is 1. The summed E-state index contributed by atoms with van der Waals surface area (Å²) in [5.41, 5.74) is 11.1. The quantitative estimate of drug-likeness (QED) is 0.335. The van der Waals surface area contributed by atoms with Gasteiger partial charge in [-0.1, -0.05) is 13.8 Å². The predicted molar refractivity (Wildman–Crippen MR) is 146 cm³/mol. The Morgan fingerprint density at radius 3 is 2.74 bits per heavy atom. The van der Waals surface area contributed by atoms with E-state index in [1.165, 1.54) is 11.0 Å². The van der Waals surface area contributed by atoms with Gasteiger partial charge in [-0.25, -0.2) is 9.37 Å². The van der Waals surface area contributed by atoms with Gasteiger partial charge in [-0.15, -0.1) is 0 Å². The van der Waals surface area contributed by atoms with Gasteiger partial charge in [0.2, 0.25) is 11.8 Å². The van der Waals surface area contributed by atoms with E-state index in [2.05, 4.69) is 19.2 Å². The molecule has 0 saturated heterocycles. The Morgan fingerprint density at radius 2 is 2.05 bits per heavy atom. The molecule has 39 heavy (non-hydrogen) atoms. The van der Waals surface area contributed by atoms with Gasteiger partial charge in [-0.3, -0.25) is 14.4 Å². The largest absolute Gasteiger partial charge is 0.346 e. The number of pyridine rings is 2. The average molecular weight is 534 g/mol. The molecule has 0 aliphatic carbocycles. The van der Waals surface area contributed by atoms with Gasteiger partial charge in [0.15, 0.2) is 0 Å². The maximum absolute atomic E-state index is 15.3. The minimum atomic E-state index is -0.449. The van der Waals surface area contributed by atoms with Crippen molar-refractivity contribution in [2.45, 2.75) is 58.9 Å². The highest BCUT2D eigenvalue weighted by Crippen LogP contribution is 2.43. The van der Waals surface area contributed by atoms with E-state index in [-0.39, 0.29) is 43.4 Å². The fourth-order valence-corrected chi connectivity index (χ4v) is 5.84. The van der Waals surface area contributed by atoms with Crippen LogP contribution in [0.4, 0.5) is 10.1 Å². The molecule has 2 aliphatic heterocycles. The summed E-state index contributed by atoms with van der Waals surface area (Å²) in [6, 6.07) is 3.40. The van der Waals surface area contributed by atoms with Crippen LogP contribution in [0.25, 0.3) is 22.3 Å². The highest BCUT2D eigenvalue weighted by Gasteiger charge is 2.34. The van der Waals surface area contributed by atoms with Crippen LogP contribution >= 0.6 is 0 Å². The molecular formula is C29H32FN5O4. The van der Waals surface area contributed by atoms with Crippen LogP contribution in [-0.4, -0.2) is 47.3 Å².